The van der Waals surface area contributed by atoms with Gasteiger partial charge in [0.05, 0.1) is 18.5 Å². The molecule has 12 heavy (non-hydrogen) atoms. The monoisotopic (exact) mass is 184 g/mol. The minimum atomic E-state index is -0.166. The Labute approximate surface area is 74.9 Å². The van der Waals surface area contributed by atoms with Crippen molar-refractivity contribution in [1.29, 1.82) is 0 Å². The summed E-state index contributed by atoms with van der Waals surface area (Å²) >= 11 is 1.68. The van der Waals surface area contributed by atoms with Crippen LogP contribution < -0.4 is 0 Å². The lowest BCUT2D eigenvalue weighted by atomic mass is 10.3. The average Bonchev–Trinajstić information content (AvgIpc) is 1.97. The van der Waals surface area contributed by atoms with Crippen LogP contribution >= 0.6 is 11.8 Å². The van der Waals surface area contributed by atoms with Crippen LogP contribution in [-0.4, -0.2) is 18.5 Å². The van der Waals surface area contributed by atoms with Crippen LogP contribution in [0.2, 0.25) is 0 Å². The number of benzene rings is 1. The van der Waals surface area contributed by atoms with Crippen LogP contribution in [0.3, 0.4) is 0 Å². The number of ether oxygens (including phenoxy) is 1. The van der Waals surface area contributed by atoms with E-state index in [2.05, 4.69) is 0 Å². The highest BCUT2D eigenvalue weighted by atomic mass is 32.2. The summed E-state index contributed by atoms with van der Waals surface area (Å²) < 4.78 is 17.7. The van der Waals surface area contributed by atoms with Crippen LogP contribution in [0, 0.1) is 5.82 Å². The predicted octanol–water partition coefficient (Wildman–Crippen LogP) is 2.32. The first kappa shape index (κ1) is 8.08. The molecule has 0 amide bonds. The molecular weight excluding hydrogens is 175 g/mol. The van der Waals surface area contributed by atoms with Crippen molar-refractivity contribution < 1.29 is 9.13 Å². The van der Waals surface area contributed by atoms with E-state index in [1.54, 1.807) is 23.9 Å². The fraction of sp³-hybridized carbons (Fsp3) is 0.333. The fourth-order valence-corrected chi connectivity index (χ4v) is 2.07. The Bertz CT molecular complexity index is 273. The summed E-state index contributed by atoms with van der Waals surface area (Å²) in [5.74, 6) is -0.166. The zero-order valence-electron chi connectivity index (χ0n) is 6.50. The van der Waals surface area contributed by atoms with Gasteiger partial charge in [-0.15, -0.1) is 11.8 Å². The third-order valence-corrected chi connectivity index (χ3v) is 2.84. The van der Waals surface area contributed by atoms with E-state index < -0.39 is 0 Å². The van der Waals surface area contributed by atoms with Gasteiger partial charge in [0.1, 0.15) is 5.82 Å². The van der Waals surface area contributed by atoms with Crippen molar-refractivity contribution in [1.82, 2.24) is 0 Å². The molecule has 0 unspecified atom stereocenters. The SMILES string of the molecule is Fc1cccc(SC2COC2)c1. The molecule has 3 heteroatoms. The molecule has 1 aliphatic heterocycles. The predicted molar refractivity (Wildman–Crippen MR) is 46.9 cm³/mol. The van der Waals surface area contributed by atoms with Gasteiger partial charge in [0.15, 0.2) is 0 Å². The zero-order chi connectivity index (χ0) is 8.39. The topological polar surface area (TPSA) is 9.23 Å². The molecule has 0 radical (unpaired) electrons. The lowest BCUT2D eigenvalue weighted by Crippen LogP contribution is -2.29. The van der Waals surface area contributed by atoms with Crippen LogP contribution in [0.5, 0.6) is 0 Å². The van der Waals surface area contributed by atoms with E-state index in [0.29, 0.717) is 5.25 Å². The summed E-state index contributed by atoms with van der Waals surface area (Å²) in [6.07, 6.45) is 0. The lowest BCUT2D eigenvalue weighted by Gasteiger charge is -2.25. The second-order valence-corrected chi connectivity index (χ2v) is 4.11. The van der Waals surface area contributed by atoms with E-state index in [-0.39, 0.29) is 5.82 Å². The van der Waals surface area contributed by atoms with Gasteiger partial charge in [-0.3, -0.25) is 0 Å². The standard InChI is InChI=1S/C9H9FOS/c10-7-2-1-3-8(4-7)12-9-5-11-6-9/h1-4,9H,5-6H2. The van der Waals surface area contributed by atoms with Gasteiger partial charge >= 0.3 is 0 Å². The van der Waals surface area contributed by atoms with Crippen molar-refractivity contribution in [3.63, 3.8) is 0 Å². The highest BCUT2D eigenvalue weighted by Crippen LogP contribution is 2.27. The average molecular weight is 184 g/mol. The normalized spacial score (nSPS) is 17.4. The molecule has 0 spiro atoms. The van der Waals surface area contributed by atoms with Crippen LogP contribution in [-0.2, 0) is 4.74 Å². The Balaban J connectivity index is 2.02. The van der Waals surface area contributed by atoms with E-state index in [0.717, 1.165) is 18.1 Å². The molecule has 1 fully saturated rings. The first-order valence-electron chi connectivity index (χ1n) is 3.84. The summed E-state index contributed by atoms with van der Waals surface area (Å²) in [6.45, 7) is 1.59. The van der Waals surface area contributed by atoms with Gasteiger partial charge in [0, 0.05) is 4.90 Å². The molecule has 0 saturated carbocycles. The zero-order valence-corrected chi connectivity index (χ0v) is 7.31. The molecule has 1 nitrogen and oxygen atoms in total. The summed E-state index contributed by atoms with van der Waals surface area (Å²) in [4.78, 5) is 0.989. The molecule has 0 N–H and O–H groups in total. The summed E-state index contributed by atoms with van der Waals surface area (Å²) in [6, 6.07) is 6.67. The molecule has 1 aromatic carbocycles. The van der Waals surface area contributed by atoms with Crippen molar-refractivity contribution in [2.45, 2.75) is 10.1 Å². The highest BCUT2D eigenvalue weighted by Gasteiger charge is 2.19. The summed E-state index contributed by atoms with van der Waals surface area (Å²) in [5, 5.41) is 0.520. The maximum Gasteiger partial charge on any atom is 0.124 e. The molecule has 0 atom stereocenters. The molecule has 0 aromatic heterocycles. The molecule has 64 valence electrons. The Morgan fingerprint density at radius 1 is 1.42 bits per heavy atom. The van der Waals surface area contributed by atoms with E-state index in [4.69, 9.17) is 4.74 Å². The molecule has 0 aliphatic carbocycles. The van der Waals surface area contributed by atoms with E-state index in [1.165, 1.54) is 6.07 Å². The van der Waals surface area contributed by atoms with Gasteiger partial charge in [0.2, 0.25) is 0 Å². The minimum Gasteiger partial charge on any atom is -0.379 e. The van der Waals surface area contributed by atoms with Crippen LogP contribution in [0.15, 0.2) is 29.2 Å². The Hall–Kier alpha value is -0.540. The smallest absolute Gasteiger partial charge is 0.124 e. The van der Waals surface area contributed by atoms with Gasteiger partial charge < -0.3 is 4.74 Å². The van der Waals surface area contributed by atoms with E-state index >= 15 is 0 Å². The van der Waals surface area contributed by atoms with Gasteiger partial charge in [-0.1, -0.05) is 6.07 Å². The van der Waals surface area contributed by atoms with E-state index in [1.807, 2.05) is 6.07 Å². The third kappa shape index (κ3) is 1.79. The quantitative estimate of drug-likeness (QED) is 0.697. The van der Waals surface area contributed by atoms with Gasteiger partial charge in [0.25, 0.3) is 0 Å². The largest absolute Gasteiger partial charge is 0.379 e. The molecule has 1 saturated heterocycles. The minimum absolute atomic E-state index is 0.166. The van der Waals surface area contributed by atoms with Crippen molar-refractivity contribution in [3.05, 3.63) is 30.1 Å². The summed E-state index contributed by atoms with van der Waals surface area (Å²) in [5.41, 5.74) is 0. The first-order chi connectivity index (χ1) is 5.84. The maximum atomic E-state index is 12.7. The molecule has 1 aromatic rings. The van der Waals surface area contributed by atoms with Crippen molar-refractivity contribution >= 4 is 11.8 Å². The van der Waals surface area contributed by atoms with Crippen LogP contribution in [0.1, 0.15) is 0 Å². The van der Waals surface area contributed by atoms with Gasteiger partial charge in [-0.2, -0.15) is 0 Å². The third-order valence-electron chi connectivity index (χ3n) is 1.71. The lowest BCUT2D eigenvalue weighted by molar-refractivity contribution is 0.0455. The number of hydrogen-bond acceptors (Lipinski definition) is 2. The van der Waals surface area contributed by atoms with Crippen LogP contribution in [0.4, 0.5) is 4.39 Å². The van der Waals surface area contributed by atoms with Crippen molar-refractivity contribution in [3.8, 4) is 0 Å². The van der Waals surface area contributed by atoms with Gasteiger partial charge in [-0.25, -0.2) is 4.39 Å². The fourth-order valence-electron chi connectivity index (χ4n) is 1.01. The second-order valence-electron chi connectivity index (χ2n) is 2.73. The molecule has 1 aliphatic rings. The highest BCUT2D eigenvalue weighted by molar-refractivity contribution is 8.00. The molecule has 0 bridgehead atoms. The van der Waals surface area contributed by atoms with E-state index in [9.17, 15) is 4.39 Å². The van der Waals surface area contributed by atoms with Crippen molar-refractivity contribution in [2.75, 3.05) is 13.2 Å². The van der Waals surface area contributed by atoms with Crippen LogP contribution in [0.25, 0.3) is 0 Å². The number of thioether (sulfide) groups is 1. The molecule has 1 heterocycles. The molecule has 2 rings (SSSR count). The second kappa shape index (κ2) is 3.46. The van der Waals surface area contributed by atoms with Crippen molar-refractivity contribution in [2.24, 2.45) is 0 Å². The Morgan fingerprint density at radius 2 is 2.25 bits per heavy atom. The number of rotatable bonds is 2. The summed E-state index contributed by atoms with van der Waals surface area (Å²) in [7, 11) is 0. The Kier molecular flexibility index (Phi) is 2.33. The molecular formula is C9H9FOS. The number of hydrogen-bond donors (Lipinski definition) is 0. The number of halogens is 1. The van der Waals surface area contributed by atoms with Gasteiger partial charge in [-0.05, 0) is 18.2 Å². The maximum absolute atomic E-state index is 12.7. The first-order valence-corrected chi connectivity index (χ1v) is 4.72. The Morgan fingerprint density at radius 3 is 2.83 bits per heavy atom.